The van der Waals surface area contributed by atoms with Crippen molar-refractivity contribution in [2.75, 3.05) is 6.54 Å². The number of halogens is 3. The number of aryl methyl sites for hydroxylation is 1. The minimum Gasteiger partial charge on any atom is -0.311 e. The van der Waals surface area contributed by atoms with Gasteiger partial charge in [0.1, 0.15) is 5.82 Å². The molecule has 2 aromatic rings. The van der Waals surface area contributed by atoms with Crippen molar-refractivity contribution in [3.63, 3.8) is 0 Å². The summed E-state index contributed by atoms with van der Waals surface area (Å²) >= 11 is 0. The predicted octanol–water partition coefficient (Wildman–Crippen LogP) is 2.85. The molecule has 2 heterocycles. The summed E-state index contributed by atoms with van der Waals surface area (Å²) < 4.78 is 40.3. The lowest BCUT2D eigenvalue weighted by Gasteiger charge is -2.17. The Hall–Kier alpha value is -1.82. The average molecular weight is 281 g/mol. The monoisotopic (exact) mass is 281 g/mol. The third-order valence-electron chi connectivity index (χ3n) is 3.49. The Morgan fingerprint density at radius 2 is 2.10 bits per heavy atom. The Bertz CT molecular complexity index is 644. The lowest BCUT2D eigenvalue weighted by molar-refractivity contribution is -0.137. The van der Waals surface area contributed by atoms with E-state index >= 15 is 0 Å². The van der Waals surface area contributed by atoms with Gasteiger partial charge in [0.15, 0.2) is 0 Å². The van der Waals surface area contributed by atoms with Crippen LogP contribution >= 0.6 is 0 Å². The first-order chi connectivity index (χ1) is 9.47. The molecule has 0 saturated heterocycles. The number of alkyl halides is 3. The maximum Gasteiger partial charge on any atom is 0.416 e. The first-order valence-corrected chi connectivity index (χ1v) is 6.42. The van der Waals surface area contributed by atoms with Crippen molar-refractivity contribution in [3.05, 3.63) is 47.0 Å². The highest BCUT2D eigenvalue weighted by Gasteiger charge is 2.31. The smallest absolute Gasteiger partial charge is 0.311 e. The second kappa shape index (κ2) is 4.63. The van der Waals surface area contributed by atoms with Gasteiger partial charge in [-0.15, -0.1) is 0 Å². The SMILES string of the molecule is Cc1nc2c(n1-c1cccc(C(F)(F)F)c1)CCNC2. The molecule has 0 aliphatic carbocycles. The number of nitrogens with one attached hydrogen (secondary N) is 1. The Labute approximate surface area is 114 Å². The van der Waals surface area contributed by atoms with Crippen molar-refractivity contribution in [2.45, 2.75) is 26.1 Å². The van der Waals surface area contributed by atoms with Crippen molar-refractivity contribution in [1.29, 1.82) is 0 Å². The van der Waals surface area contributed by atoms with Crippen LogP contribution in [0.4, 0.5) is 13.2 Å². The number of hydrogen-bond donors (Lipinski definition) is 1. The van der Waals surface area contributed by atoms with Gasteiger partial charge in [0, 0.05) is 30.9 Å². The first-order valence-electron chi connectivity index (χ1n) is 6.42. The van der Waals surface area contributed by atoms with Gasteiger partial charge < -0.3 is 9.88 Å². The van der Waals surface area contributed by atoms with Gasteiger partial charge in [-0.2, -0.15) is 13.2 Å². The molecule has 20 heavy (non-hydrogen) atoms. The van der Waals surface area contributed by atoms with Gasteiger partial charge in [-0.1, -0.05) is 6.07 Å². The zero-order valence-electron chi connectivity index (χ0n) is 11.0. The Morgan fingerprint density at radius 1 is 1.30 bits per heavy atom. The van der Waals surface area contributed by atoms with Gasteiger partial charge >= 0.3 is 6.18 Å². The maximum atomic E-state index is 12.8. The molecule has 3 nitrogen and oxygen atoms in total. The summed E-state index contributed by atoms with van der Waals surface area (Å²) in [6.45, 7) is 3.30. The maximum absolute atomic E-state index is 12.8. The van der Waals surface area contributed by atoms with Gasteiger partial charge in [-0.25, -0.2) is 4.98 Å². The van der Waals surface area contributed by atoms with Crippen LogP contribution in [-0.4, -0.2) is 16.1 Å². The van der Waals surface area contributed by atoms with Gasteiger partial charge in [0.2, 0.25) is 0 Å². The molecule has 0 radical (unpaired) electrons. The van der Waals surface area contributed by atoms with E-state index in [-0.39, 0.29) is 0 Å². The fourth-order valence-corrected chi connectivity index (χ4v) is 2.61. The highest BCUT2D eigenvalue weighted by atomic mass is 19.4. The van der Waals surface area contributed by atoms with Crippen molar-refractivity contribution in [1.82, 2.24) is 14.9 Å². The number of aromatic nitrogens is 2. The first kappa shape index (κ1) is 13.2. The molecule has 0 atom stereocenters. The molecule has 0 fully saturated rings. The number of imidazole rings is 1. The minimum atomic E-state index is -4.33. The molecule has 0 bridgehead atoms. The highest BCUT2D eigenvalue weighted by molar-refractivity contribution is 5.41. The second-order valence-electron chi connectivity index (χ2n) is 4.86. The molecule has 1 aromatic heterocycles. The van der Waals surface area contributed by atoms with Crippen LogP contribution in [-0.2, 0) is 19.1 Å². The zero-order valence-corrected chi connectivity index (χ0v) is 11.0. The molecule has 0 spiro atoms. The van der Waals surface area contributed by atoms with Crippen molar-refractivity contribution in [3.8, 4) is 5.69 Å². The lowest BCUT2D eigenvalue weighted by Crippen LogP contribution is -2.24. The van der Waals surface area contributed by atoms with E-state index < -0.39 is 11.7 Å². The number of benzene rings is 1. The van der Waals surface area contributed by atoms with Gasteiger partial charge in [0.25, 0.3) is 0 Å². The fourth-order valence-electron chi connectivity index (χ4n) is 2.61. The largest absolute Gasteiger partial charge is 0.416 e. The van der Waals surface area contributed by atoms with Crippen LogP contribution < -0.4 is 5.32 Å². The molecule has 6 heteroatoms. The van der Waals surface area contributed by atoms with Crippen LogP contribution in [0, 0.1) is 6.92 Å². The number of rotatable bonds is 1. The number of nitrogens with zero attached hydrogens (tertiary/aromatic N) is 2. The fraction of sp³-hybridized carbons (Fsp3) is 0.357. The number of fused-ring (bicyclic) bond motifs is 1. The molecule has 1 aliphatic heterocycles. The Balaban J connectivity index is 2.12. The summed E-state index contributed by atoms with van der Waals surface area (Å²) in [5.41, 5.74) is 1.81. The molecule has 1 aliphatic rings. The van der Waals surface area contributed by atoms with E-state index in [4.69, 9.17) is 0 Å². The van der Waals surface area contributed by atoms with Crippen LogP contribution in [0.15, 0.2) is 24.3 Å². The van der Waals surface area contributed by atoms with Crippen LogP contribution in [0.2, 0.25) is 0 Å². The summed E-state index contributed by atoms with van der Waals surface area (Å²) in [6, 6.07) is 5.39. The van der Waals surface area contributed by atoms with E-state index in [1.54, 1.807) is 6.07 Å². The van der Waals surface area contributed by atoms with E-state index in [0.29, 0.717) is 12.2 Å². The summed E-state index contributed by atoms with van der Waals surface area (Å²) in [4.78, 5) is 4.44. The van der Waals surface area contributed by atoms with Crippen molar-refractivity contribution in [2.24, 2.45) is 0 Å². The third kappa shape index (κ3) is 2.20. The van der Waals surface area contributed by atoms with E-state index in [0.717, 1.165) is 36.2 Å². The molecule has 106 valence electrons. The quantitative estimate of drug-likeness (QED) is 0.871. The van der Waals surface area contributed by atoms with Crippen LogP contribution in [0.5, 0.6) is 0 Å². The lowest BCUT2D eigenvalue weighted by atomic mass is 10.1. The molecular weight excluding hydrogens is 267 g/mol. The molecule has 1 N–H and O–H groups in total. The molecular formula is C14H14F3N3. The van der Waals surface area contributed by atoms with E-state index in [9.17, 15) is 13.2 Å². The summed E-state index contributed by atoms with van der Waals surface area (Å²) in [5, 5.41) is 3.21. The Morgan fingerprint density at radius 3 is 2.85 bits per heavy atom. The van der Waals surface area contributed by atoms with Crippen molar-refractivity contribution >= 4 is 0 Å². The van der Waals surface area contributed by atoms with Crippen molar-refractivity contribution < 1.29 is 13.2 Å². The molecule has 3 rings (SSSR count). The highest BCUT2D eigenvalue weighted by Crippen LogP contribution is 2.31. The van der Waals surface area contributed by atoms with Gasteiger partial charge in [-0.3, -0.25) is 0 Å². The average Bonchev–Trinajstić information content (AvgIpc) is 2.73. The summed E-state index contributed by atoms with van der Waals surface area (Å²) in [7, 11) is 0. The topological polar surface area (TPSA) is 29.9 Å². The van der Waals surface area contributed by atoms with Crippen LogP contribution in [0.25, 0.3) is 5.69 Å². The minimum absolute atomic E-state index is 0.521. The summed E-state index contributed by atoms with van der Waals surface area (Å²) in [6.07, 6.45) is -3.56. The Kier molecular flexibility index (Phi) is 3.05. The standard InChI is InChI=1S/C14H14F3N3/c1-9-19-12-8-18-6-5-13(12)20(9)11-4-2-3-10(7-11)14(15,16)17/h2-4,7,18H,5-6,8H2,1H3. The summed E-state index contributed by atoms with van der Waals surface area (Å²) in [5.74, 6) is 0.720. The third-order valence-corrected chi connectivity index (χ3v) is 3.49. The molecule has 1 aromatic carbocycles. The normalized spacial score (nSPS) is 15.2. The predicted molar refractivity (Wildman–Crippen MR) is 68.7 cm³/mol. The zero-order chi connectivity index (χ0) is 14.3. The second-order valence-corrected chi connectivity index (χ2v) is 4.86. The van der Waals surface area contributed by atoms with Crippen LogP contribution in [0.1, 0.15) is 22.8 Å². The van der Waals surface area contributed by atoms with E-state index in [2.05, 4.69) is 10.3 Å². The van der Waals surface area contributed by atoms with E-state index in [1.807, 2.05) is 11.5 Å². The molecule has 0 amide bonds. The number of hydrogen-bond acceptors (Lipinski definition) is 2. The van der Waals surface area contributed by atoms with Gasteiger partial charge in [0.05, 0.1) is 11.3 Å². The van der Waals surface area contributed by atoms with E-state index in [1.165, 1.54) is 12.1 Å². The van der Waals surface area contributed by atoms with Crippen LogP contribution in [0.3, 0.4) is 0 Å². The molecule has 0 unspecified atom stereocenters. The molecule has 0 saturated carbocycles. The van der Waals surface area contributed by atoms with Gasteiger partial charge in [-0.05, 0) is 25.1 Å².